The molecule has 5 nitrogen and oxygen atoms in total. The van der Waals surface area contributed by atoms with E-state index in [1.165, 1.54) is 0 Å². The largest absolute Gasteiger partial charge is 0.490 e. The Kier molecular flexibility index (Phi) is 5.95. The van der Waals surface area contributed by atoms with Crippen molar-refractivity contribution in [2.45, 2.75) is 12.1 Å². The quantitative estimate of drug-likeness (QED) is 0.570. The van der Waals surface area contributed by atoms with Crippen molar-refractivity contribution in [2.75, 3.05) is 26.4 Å². The van der Waals surface area contributed by atoms with Gasteiger partial charge in [0.2, 0.25) is 0 Å². The van der Waals surface area contributed by atoms with E-state index in [0.717, 1.165) is 16.5 Å². The number of hydrogen-bond acceptors (Lipinski definition) is 5. The molecule has 4 N–H and O–H groups in total. The van der Waals surface area contributed by atoms with Crippen molar-refractivity contribution < 1.29 is 20.1 Å². The van der Waals surface area contributed by atoms with Crippen LogP contribution in [-0.4, -0.2) is 53.8 Å². The number of nitrogens with one attached hydrogen (secondary N) is 1. The highest BCUT2D eigenvalue weighted by atomic mass is 16.5. The molecule has 0 aliphatic rings. The molecule has 2 aromatic rings. The van der Waals surface area contributed by atoms with Gasteiger partial charge in [-0.3, -0.25) is 0 Å². The molecule has 21 heavy (non-hydrogen) atoms. The van der Waals surface area contributed by atoms with Gasteiger partial charge in [-0.05, 0) is 11.5 Å². The van der Waals surface area contributed by atoms with Crippen molar-refractivity contribution in [1.82, 2.24) is 5.32 Å². The van der Waals surface area contributed by atoms with Crippen LogP contribution >= 0.6 is 0 Å². The summed E-state index contributed by atoms with van der Waals surface area (Å²) in [5.41, 5.74) is 0. The number of fused-ring (bicyclic) bond motifs is 1. The maximum atomic E-state index is 9.87. The van der Waals surface area contributed by atoms with Gasteiger partial charge in [0.25, 0.3) is 0 Å². The molecule has 0 amide bonds. The van der Waals surface area contributed by atoms with Crippen LogP contribution in [0.1, 0.15) is 0 Å². The van der Waals surface area contributed by atoms with E-state index in [1.807, 2.05) is 42.5 Å². The van der Waals surface area contributed by atoms with Gasteiger partial charge in [-0.15, -0.1) is 0 Å². The molecule has 0 saturated carbocycles. The molecular formula is C16H21NO4. The first-order valence-corrected chi connectivity index (χ1v) is 6.98. The minimum Gasteiger partial charge on any atom is -0.490 e. The van der Waals surface area contributed by atoms with E-state index in [1.54, 1.807) is 0 Å². The lowest BCUT2D eigenvalue weighted by Gasteiger charge is -2.18. The standard InChI is InChI=1S/C16H21NO4/c18-9-13(10-19)17-8-14(20)11-21-16-7-3-5-12-4-1-2-6-15(12)16/h1-7,13-14,17-20H,8-11H2/t14-/m1/s1. The lowest BCUT2D eigenvalue weighted by atomic mass is 10.1. The summed E-state index contributed by atoms with van der Waals surface area (Å²) < 4.78 is 5.67. The number of ether oxygens (including phenoxy) is 1. The average Bonchev–Trinajstić information content (AvgIpc) is 2.53. The summed E-state index contributed by atoms with van der Waals surface area (Å²) in [5.74, 6) is 0.730. The van der Waals surface area contributed by atoms with Crippen LogP contribution in [0, 0.1) is 0 Å². The van der Waals surface area contributed by atoms with E-state index < -0.39 is 12.1 Å². The Bertz CT molecular complexity index is 551. The molecule has 0 aliphatic heterocycles. The van der Waals surface area contributed by atoms with Gasteiger partial charge in [0.1, 0.15) is 18.5 Å². The summed E-state index contributed by atoms with van der Waals surface area (Å²) in [6, 6.07) is 13.3. The summed E-state index contributed by atoms with van der Waals surface area (Å²) in [7, 11) is 0. The normalized spacial score (nSPS) is 12.8. The summed E-state index contributed by atoms with van der Waals surface area (Å²) in [5, 5.41) is 32.7. The number of hydrogen-bond donors (Lipinski definition) is 4. The van der Waals surface area contributed by atoms with Crippen LogP contribution < -0.4 is 10.1 Å². The predicted molar refractivity (Wildman–Crippen MR) is 81.4 cm³/mol. The molecule has 0 radical (unpaired) electrons. The molecule has 0 fully saturated rings. The molecule has 1 atom stereocenters. The van der Waals surface area contributed by atoms with E-state index in [9.17, 15) is 5.11 Å². The number of aliphatic hydroxyl groups is 3. The van der Waals surface area contributed by atoms with Gasteiger partial charge in [0.15, 0.2) is 0 Å². The van der Waals surface area contributed by atoms with Crippen molar-refractivity contribution in [3.05, 3.63) is 42.5 Å². The zero-order valence-corrected chi connectivity index (χ0v) is 11.8. The fourth-order valence-corrected chi connectivity index (χ4v) is 2.06. The monoisotopic (exact) mass is 291 g/mol. The zero-order valence-electron chi connectivity index (χ0n) is 11.8. The number of rotatable bonds is 8. The first kappa shape index (κ1) is 15.7. The Morgan fingerprint density at radius 2 is 1.71 bits per heavy atom. The second kappa shape index (κ2) is 7.95. The highest BCUT2D eigenvalue weighted by Crippen LogP contribution is 2.25. The molecule has 2 aromatic carbocycles. The minimum absolute atomic E-state index is 0.143. The molecule has 0 saturated heterocycles. The molecular weight excluding hydrogens is 270 g/mol. The Labute approximate surface area is 123 Å². The average molecular weight is 291 g/mol. The third-order valence-corrected chi connectivity index (χ3v) is 3.26. The molecule has 0 bridgehead atoms. The summed E-state index contributed by atoms with van der Waals surface area (Å²) in [6.07, 6.45) is -0.718. The van der Waals surface area contributed by atoms with Crippen molar-refractivity contribution >= 4 is 10.8 Å². The number of benzene rings is 2. The van der Waals surface area contributed by atoms with Gasteiger partial charge in [-0.2, -0.15) is 0 Å². The lowest BCUT2D eigenvalue weighted by Crippen LogP contribution is -2.41. The summed E-state index contributed by atoms with van der Waals surface area (Å²) in [6.45, 7) is 0.0436. The van der Waals surface area contributed by atoms with Gasteiger partial charge in [0, 0.05) is 11.9 Å². The zero-order chi connectivity index (χ0) is 15.1. The Morgan fingerprint density at radius 1 is 1.00 bits per heavy atom. The molecule has 114 valence electrons. The van der Waals surface area contributed by atoms with Gasteiger partial charge >= 0.3 is 0 Å². The molecule has 5 heteroatoms. The van der Waals surface area contributed by atoms with Crippen LogP contribution in [0.15, 0.2) is 42.5 Å². The van der Waals surface area contributed by atoms with Gasteiger partial charge in [-0.1, -0.05) is 36.4 Å². The highest BCUT2D eigenvalue weighted by molar-refractivity contribution is 5.88. The van der Waals surface area contributed by atoms with E-state index in [2.05, 4.69) is 5.32 Å². The van der Waals surface area contributed by atoms with E-state index in [0.29, 0.717) is 0 Å². The fourth-order valence-electron chi connectivity index (χ4n) is 2.06. The van der Waals surface area contributed by atoms with Crippen LogP contribution in [0.25, 0.3) is 10.8 Å². The maximum Gasteiger partial charge on any atom is 0.127 e. The van der Waals surface area contributed by atoms with Crippen molar-refractivity contribution in [1.29, 1.82) is 0 Å². The van der Waals surface area contributed by atoms with E-state index in [-0.39, 0.29) is 26.4 Å². The Morgan fingerprint density at radius 3 is 2.48 bits per heavy atom. The van der Waals surface area contributed by atoms with Gasteiger partial charge in [0.05, 0.1) is 19.3 Å². The predicted octanol–water partition coefficient (Wildman–Crippen LogP) is 0.522. The number of aliphatic hydroxyl groups excluding tert-OH is 3. The SMILES string of the molecule is OCC(CO)NC[C@@H](O)COc1cccc2ccccc12. The summed E-state index contributed by atoms with van der Waals surface area (Å²) >= 11 is 0. The smallest absolute Gasteiger partial charge is 0.127 e. The first-order chi connectivity index (χ1) is 10.2. The Hall–Kier alpha value is -1.66. The Balaban J connectivity index is 1.89. The van der Waals surface area contributed by atoms with Crippen LogP contribution in [0.3, 0.4) is 0 Å². The third kappa shape index (κ3) is 4.41. The molecule has 0 aromatic heterocycles. The topological polar surface area (TPSA) is 82.0 Å². The van der Waals surface area contributed by atoms with Crippen LogP contribution in [0.4, 0.5) is 0 Å². The third-order valence-electron chi connectivity index (χ3n) is 3.26. The van der Waals surface area contributed by atoms with E-state index in [4.69, 9.17) is 14.9 Å². The van der Waals surface area contributed by atoms with Gasteiger partial charge in [-0.25, -0.2) is 0 Å². The van der Waals surface area contributed by atoms with Crippen LogP contribution in [0.2, 0.25) is 0 Å². The molecule has 2 rings (SSSR count). The van der Waals surface area contributed by atoms with Crippen LogP contribution in [-0.2, 0) is 0 Å². The van der Waals surface area contributed by atoms with Gasteiger partial charge < -0.3 is 25.4 Å². The summed E-state index contributed by atoms with van der Waals surface area (Å²) in [4.78, 5) is 0. The molecule has 0 heterocycles. The highest BCUT2D eigenvalue weighted by Gasteiger charge is 2.10. The van der Waals surface area contributed by atoms with Crippen molar-refractivity contribution in [3.63, 3.8) is 0 Å². The second-order valence-corrected chi connectivity index (χ2v) is 4.91. The van der Waals surface area contributed by atoms with Crippen LogP contribution in [0.5, 0.6) is 5.75 Å². The molecule has 0 spiro atoms. The fraction of sp³-hybridized carbons (Fsp3) is 0.375. The van der Waals surface area contributed by atoms with E-state index >= 15 is 0 Å². The first-order valence-electron chi connectivity index (χ1n) is 6.98. The molecule has 0 aliphatic carbocycles. The molecule has 0 unspecified atom stereocenters. The van der Waals surface area contributed by atoms with Crippen molar-refractivity contribution in [3.8, 4) is 5.75 Å². The minimum atomic E-state index is -0.718. The van der Waals surface area contributed by atoms with Crippen molar-refractivity contribution in [2.24, 2.45) is 0 Å². The lowest BCUT2D eigenvalue weighted by molar-refractivity contribution is 0.0936. The maximum absolute atomic E-state index is 9.87. The second-order valence-electron chi connectivity index (χ2n) is 4.91.